The summed E-state index contributed by atoms with van der Waals surface area (Å²) in [5.74, 6) is -0.343. The lowest BCUT2D eigenvalue weighted by Gasteiger charge is -2.28. The van der Waals surface area contributed by atoms with E-state index in [2.05, 4.69) is 20.9 Å². The van der Waals surface area contributed by atoms with Gasteiger partial charge in [-0.1, -0.05) is 35.0 Å². The minimum Gasteiger partial charge on any atom is -0.320 e. The topological polar surface area (TPSA) is 38.9 Å². The lowest BCUT2D eigenvalue weighted by Crippen LogP contribution is -2.39. The van der Waals surface area contributed by atoms with E-state index in [0.717, 1.165) is 22.2 Å². The van der Waals surface area contributed by atoms with Crippen molar-refractivity contribution in [2.24, 2.45) is 5.73 Å². The second-order valence-electron chi connectivity index (χ2n) is 4.68. The lowest BCUT2D eigenvalue weighted by atomic mass is 9.86. The Morgan fingerprint density at radius 3 is 2.68 bits per heavy atom. The molecule has 1 heterocycles. The second-order valence-corrected chi connectivity index (χ2v) is 5.59. The van der Waals surface area contributed by atoms with Crippen LogP contribution in [0.1, 0.15) is 24.6 Å². The van der Waals surface area contributed by atoms with E-state index in [1.165, 1.54) is 12.3 Å². The van der Waals surface area contributed by atoms with E-state index in [4.69, 9.17) is 5.73 Å². The van der Waals surface area contributed by atoms with Crippen molar-refractivity contribution in [3.05, 3.63) is 64.1 Å². The van der Waals surface area contributed by atoms with E-state index < -0.39 is 5.54 Å². The van der Waals surface area contributed by atoms with Crippen LogP contribution in [0, 0.1) is 5.82 Å². The summed E-state index contributed by atoms with van der Waals surface area (Å²) in [7, 11) is 0. The highest BCUT2D eigenvalue weighted by Gasteiger charge is 2.27. The molecule has 0 fully saturated rings. The van der Waals surface area contributed by atoms with Crippen LogP contribution in [0.15, 0.2) is 47.1 Å². The molecule has 1 aromatic heterocycles. The molecule has 0 aliphatic carbocycles. The molecule has 100 valence electrons. The number of halogens is 2. The summed E-state index contributed by atoms with van der Waals surface area (Å²) in [4.78, 5) is 4.13. The Morgan fingerprint density at radius 2 is 2.11 bits per heavy atom. The molecule has 1 aromatic carbocycles. The minimum absolute atomic E-state index is 0.343. The number of nitrogens with zero attached hydrogens (tertiary/aromatic N) is 1. The molecule has 0 aliphatic heterocycles. The molecule has 1 atom stereocenters. The van der Waals surface area contributed by atoms with Gasteiger partial charge < -0.3 is 5.73 Å². The fourth-order valence-electron chi connectivity index (χ4n) is 2.08. The zero-order valence-electron chi connectivity index (χ0n) is 10.7. The summed E-state index contributed by atoms with van der Waals surface area (Å²) < 4.78 is 14.0. The summed E-state index contributed by atoms with van der Waals surface area (Å²) in [5.41, 5.74) is 7.72. The summed E-state index contributed by atoms with van der Waals surface area (Å²) >= 11 is 3.45. The highest BCUT2D eigenvalue weighted by atomic mass is 79.9. The van der Waals surface area contributed by atoms with Gasteiger partial charge in [-0.05, 0) is 42.7 Å². The lowest BCUT2D eigenvalue weighted by molar-refractivity contribution is 0.410. The van der Waals surface area contributed by atoms with Gasteiger partial charge in [-0.3, -0.25) is 4.98 Å². The third-order valence-electron chi connectivity index (χ3n) is 3.28. The van der Waals surface area contributed by atoms with E-state index in [0.29, 0.717) is 6.42 Å². The van der Waals surface area contributed by atoms with Crippen LogP contribution in [0.25, 0.3) is 0 Å². The monoisotopic (exact) mass is 322 g/mol. The zero-order chi connectivity index (χ0) is 13.9. The number of rotatable bonds is 4. The SMILES string of the molecule is CCC(N)(Cc1cccc(Br)c1)c1ccc(F)cn1. The molecule has 0 radical (unpaired) electrons. The summed E-state index contributed by atoms with van der Waals surface area (Å²) in [6.07, 6.45) is 2.62. The maximum atomic E-state index is 12.9. The van der Waals surface area contributed by atoms with Crippen LogP contribution in [0.2, 0.25) is 0 Å². The smallest absolute Gasteiger partial charge is 0.141 e. The van der Waals surface area contributed by atoms with Gasteiger partial charge in [-0.2, -0.15) is 0 Å². The van der Waals surface area contributed by atoms with Gasteiger partial charge in [-0.15, -0.1) is 0 Å². The number of benzene rings is 1. The predicted molar refractivity (Wildman–Crippen MR) is 78.2 cm³/mol. The minimum atomic E-state index is -0.575. The summed E-state index contributed by atoms with van der Waals surface area (Å²) in [6, 6.07) is 11.1. The van der Waals surface area contributed by atoms with Crippen LogP contribution in [0.4, 0.5) is 4.39 Å². The first kappa shape index (κ1) is 14.2. The molecule has 4 heteroatoms. The summed E-state index contributed by atoms with van der Waals surface area (Å²) in [5, 5.41) is 0. The van der Waals surface area contributed by atoms with Gasteiger partial charge in [0.25, 0.3) is 0 Å². The maximum absolute atomic E-state index is 12.9. The molecule has 2 aromatic rings. The Labute approximate surface area is 121 Å². The van der Waals surface area contributed by atoms with Crippen LogP contribution in [-0.4, -0.2) is 4.98 Å². The van der Waals surface area contributed by atoms with Crippen molar-refractivity contribution in [1.82, 2.24) is 4.98 Å². The number of pyridine rings is 1. The van der Waals surface area contributed by atoms with Crippen molar-refractivity contribution >= 4 is 15.9 Å². The van der Waals surface area contributed by atoms with E-state index in [9.17, 15) is 4.39 Å². The molecule has 0 spiro atoms. The Morgan fingerprint density at radius 1 is 1.32 bits per heavy atom. The summed E-state index contributed by atoms with van der Waals surface area (Å²) in [6.45, 7) is 2.02. The van der Waals surface area contributed by atoms with Crippen molar-refractivity contribution < 1.29 is 4.39 Å². The van der Waals surface area contributed by atoms with Crippen molar-refractivity contribution in [3.8, 4) is 0 Å². The maximum Gasteiger partial charge on any atom is 0.141 e. The van der Waals surface area contributed by atoms with Crippen molar-refractivity contribution in [1.29, 1.82) is 0 Å². The third-order valence-corrected chi connectivity index (χ3v) is 3.77. The molecular weight excluding hydrogens is 307 g/mol. The first-order chi connectivity index (χ1) is 9.03. The predicted octanol–water partition coefficient (Wildman–Crippen LogP) is 3.79. The van der Waals surface area contributed by atoms with Crippen LogP contribution in [0.5, 0.6) is 0 Å². The number of hydrogen-bond acceptors (Lipinski definition) is 2. The molecule has 2 nitrogen and oxygen atoms in total. The Hall–Kier alpha value is -1.26. The van der Waals surface area contributed by atoms with Crippen molar-refractivity contribution in [2.45, 2.75) is 25.3 Å². The first-order valence-corrected chi connectivity index (χ1v) is 6.98. The molecule has 0 bridgehead atoms. The number of hydrogen-bond donors (Lipinski definition) is 1. The normalized spacial score (nSPS) is 14.1. The van der Waals surface area contributed by atoms with Crippen LogP contribution in [0.3, 0.4) is 0 Å². The molecule has 1 unspecified atom stereocenters. The number of aromatic nitrogens is 1. The van der Waals surface area contributed by atoms with E-state index >= 15 is 0 Å². The van der Waals surface area contributed by atoms with Gasteiger partial charge >= 0.3 is 0 Å². The molecule has 2 rings (SSSR count). The molecular formula is C15H16BrFN2. The average Bonchev–Trinajstić information content (AvgIpc) is 2.39. The largest absolute Gasteiger partial charge is 0.320 e. The Balaban J connectivity index is 2.29. The van der Waals surface area contributed by atoms with Crippen LogP contribution >= 0.6 is 15.9 Å². The van der Waals surface area contributed by atoms with Crippen LogP contribution < -0.4 is 5.73 Å². The standard InChI is InChI=1S/C15H16BrFN2/c1-2-15(18,14-7-6-13(17)10-19-14)9-11-4-3-5-12(16)8-11/h3-8,10H,2,9,18H2,1H3. The molecule has 19 heavy (non-hydrogen) atoms. The number of nitrogens with two attached hydrogens (primary N) is 1. The van der Waals surface area contributed by atoms with Crippen molar-refractivity contribution in [3.63, 3.8) is 0 Å². The molecule has 2 N–H and O–H groups in total. The highest BCUT2D eigenvalue weighted by molar-refractivity contribution is 9.10. The quantitative estimate of drug-likeness (QED) is 0.930. The van der Waals surface area contributed by atoms with Crippen LogP contribution in [-0.2, 0) is 12.0 Å². The Kier molecular flexibility index (Phi) is 4.32. The van der Waals surface area contributed by atoms with E-state index in [1.807, 2.05) is 31.2 Å². The first-order valence-electron chi connectivity index (χ1n) is 6.19. The fourth-order valence-corrected chi connectivity index (χ4v) is 2.52. The molecule has 0 saturated carbocycles. The second kappa shape index (κ2) is 5.80. The molecule has 0 aliphatic rings. The fraction of sp³-hybridized carbons (Fsp3) is 0.267. The van der Waals surface area contributed by atoms with Gasteiger partial charge in [0.1, 0.15) is 5.82 Å². The van der Waals surface area contributed by atoms with Gasteiger partial charge in [-0.25, -0.2) is 4.39 Å². The van der Waals surface area contributed by atoms with Crippen molar-refractivity contribution in [2.75, 3.05) is 0 Å². The van der Waals surface area contributed by atoms with Gasteiger partial charge in [0, 0.05) is 4.47 Å². The Bertz CT molecular complexity index is 556. The average molecular weight is 323 g/mol. The van der Waals surface area contributed by atoms with E-state index in [1.54, 1.807) is 6.07 Å². The van der Waals surface area contributed by atoms with E-state index in [-0.39, 0.29) is 5.82 Å². The molecule has 0 amide bonds. The molecule has 0 saturated heterocycles. The highest BCUT2D eigenvalue weighted by Crippen LogP contribution is 2.26. The van der Waals surface area contributed by atoms with Gasteiger partial charge in [0.2, 0.25) is 0 Å². The third kappa shape index (κ3) is 3.39. The van der Waals surface area contributed by atoms with Gasteiger partial charge in [0.05, 0.1) is 17.4 Å². The zero-order valence-corrected chi connectivity index (χ0v) is 12.3. The van der Waals surface area contributed by atoms with Gasteiger partial charge in [0.15, 0.2) is 0 Å².